The first-order valence-corrected chi connectivity index (χ1v) is 11.2. The lowest BCUT2D eigenvalue weighted by molar-refractivity contribution is -0.147. The number of nitriles is 1. The van der Waals surface area contributed by atoms with Crippen LogP contribution in [-0.2, 0) is 10.0 Å². The SMILES string of the molecule is Cc1cnc2c(c1)c(C#N)c(-c1ccc(S(=O)(=O)N[C@@H](C)C(F)(F)F)cn1)n2-c1ccnnc1. The van der Waals surface area contributed by atoms with E-state index in [2.05, 4.69) is 26.2 Å². The van der Waals surface area contributed by atoms with Crippen LogP contribution in [-0.4, -0.2) is 45.4 Å². The summed E-state index contributed by atoms with van der Waals surface area (Å²) >= 11 is 0. The van der Waals surface area contributed by atoms with Crippen molar-refractivity contribution in [2.45, 2.75) is 31.0 Å². The van der Waals surface area contributed by atoms with E-state index < -0.39 is 27.1 Å². The molecule has 0 aliphatic rings. The number of pyridine rings is 2. The van der Waals surface area contributed by atoms with E-state index in [-0.39, 0.29) is 11.3 Å². The standard InChI is InChI=1S/C21H16F3N7O2S/c1-12-7-16-17(8-25)19(31(20(16)27-9-12)14-5-6-28-29-10-14)18-4-3-15(11-26-18)34(32,33)30-13(2)21(22,23)24/h3-7,9-11,13,30H,1-2H3/t13-/m0/s1. The number of hydrogen-bond donors (Lipinski definition) is 1. The summed E-state index contributed by atoms with van der Waals surface area (Å²) in [5, 5.41) is 18.1. The third-order valence-electron chi connectivity index (χ3n) is 5.00. The Morgan fingerprint density at radius 2 is 1.88 bits per heavy atom. The summed E-state index contributed by atoms with van der Waals surface area (Å²) in [7, 11) is -4.48. The van der Waals surface area contributed by atoms with E-state index in [0.29, 0.717) is 29.3 Å². The van der Waals surface area contributed by atoms with Gasteiger partial charge in [0.15, 0.2) is 0 Å². The third kappa shape index (κ3) is 4.20. The van der Waals surface area contributed by atoms with E-state index in [1.807, 2.05) is 6.92 Å². The maximum absolute atomic E-state index is 12.8. The Bertz CT molecular complexity index is 1510. The highest BCUT2D eigenvalue weighted by atomic mass is 32.2. The molecule has 1 N–H and O–H groups in total. The van der Waals surface area contributed by atoms with Crippen molar-refractivity contribution in [1.29, 1.82) is 5.26 Å². The Balaban J connectivity index is 1.87. The Labute approximate surface area is 192 Å². The lowest BCUT2D eigenvalue weighted by Gasteiger charge is -2.17. The van der Waals surface area contributed by atoms with Gasteiger partial charge in [0.25, 0.3) is 0 Å². The molecule has 34 heavy (non-hydrogen) atoms. The predicted molar refractivity (Wildman–Crippen MR) is 115 cm³/mol. The van der Waals surface area contributed by atoms with E-state index in [4.69, 9.17) is 0 Å². The highest BCUT2D eigenvalue weighted by molar-refractivity contribution is 7.89. The fraction of sp³-hybridized carbons (Fsp3) is 0.190. The minimum absolute atomic E-state index is 0.215. The van der Waals surface area contributed by atoms with E-state index in [9.17, 15) is 26.9 Å². The lowest BCUT2D eigenvalue weighted by atomic mass is 10.1. The summed E-state index contributed by atoms with van der Waals surface area (Å²) in [4.78, 5) is 8.16. The number of aromatic nitrogens is 5. The van der Waals surface area contributed by atoms with Crippen LogP contribution in [0.2, 0.25) is 0 Å². The van der Waals surface area contributed by atoms with Crippen LogP contribution in [0.1, 0.15) is 18.1 Å². The number of nitrogens with zero attached hydrogens (tertiary/aromatic N) is 6. The second-order valence-electron chi connectivity index (χ2n) is 7.42. The number of hydrogen-bond acceptors (Lipinski definition) is 7. The van der Waals surface area contributed by atoms with Crippen LogP contribution in [0.5, 0.6) is 0 Å². The fourth-order valence-corrected chi connectivity index (χ4v) is 4.51. The molecule has 0 saturated carbocycles. The molecule has 174 valence electrons. The number of alkyl halides is 3. The molecule has 0 amide bonds. The number of fused-ring (bicyclic) bond motifs is 1. The molecule has 4 rings (SSSR count). The van der Waals surface area contributed by atoms with E-state index in [0.717, 1.165) is 17.8 Å². The molecule has 13 heteroatoms. The Hall–Kier alpha value is -3.89. The van der Waals surface area contributed by atoms with Crippen molar-refractivity contribution in [3.8, 4) is 23.1 Å². The second kappa shape index (κ2) is 8.47. The molecule has 4 aromatic rings. The Kier molecular flexibility index (Phi) is 5.80. The molecule has 4 aromatic heterocycles. The van der Waals surface area contributed by atoms with Gasteiger partial charge >= 0.3 is 6.18 Å². The predicted octanol–water partition coefficient (Wildman–Crippen LogP) is 3.29. The molecular weight excluding hydrogens is 471 g/mol. The zero-order valence-corrected chi connectivity index (χ0v) is 18.6. The first-order valence-electron chi connectivity index (χ1n) is 9.76. The van der Waals surface area contributed by atoms with Gasteiger partial charge < -0.3 is 0 Å². The smallest absolute Gasteiger partial charge is 0.289 e. The number of nitrogens with one attached hydrogen (secondary N) is 1. The van der Waals surface area contributed by atoms with Crippen molar-refractivity contribution < 1.29 is 21.6 Å². The van der Waals surface area contributed by atoms with Crippen molar-refractivity contribution in [2.24, 2.45) is 0 Å². The Morgan fingerprint density at radius 3 is 2.47 bits per heavy atom. The van der Waals surface area contributed by atoms with E-state index in [1.165, 1.54) is 18.5 Å². The summed E-state index contributed by atoms with van der Waals surface area (Å²) in [6.45, 7) is 2.53. The van der Waals surface area contributed by atoms with Gasteiger partial charge in [0, 0.05) is 17.8 Å². The highest BCUT2D eigenvalue weighted by Gasteiger charge is 2.39. The van der Waals surface area contributed by atoms with E-state index >= 15 is 0 Å². The van der Waals surface area contributed by atoms with Gasteiger partial charge in [-0.3, -0.25) is 9.55 Å². The molecule has 4 heterocycles. The van der Waals surface area contributed by atoms with E-state index in [1.54, 1.807) is 27.6 Å². The van der Waals surface area contributed by atoms with Crippen LogP contribution in [0.25, 0.3) is 28.1 Å². The van der Waals surface area contributed by atoms with Gasteiger partial charge in [0.1, 0.15) is 22.7 Å². The number of halogens is 3. The van der Waals surface area contributed by atoms with Crippen molar-refractivity contribution in [3.63, 3.8) is 0 Å². The number of aryl methyl sites for hydroxylation is 1. The minimum Gasteiger partial charge on any atom is -0.289 e. The molecule has 9 nitrogen and oxygen atoms in total. The number of sulfonamides is 1. The molecule has 0 unspecified atom stereocenters. The Morgan fingerprint density at radius 1 is 1.12 bits per heavy atom. The minimum atomic E-state index is -4.74. The molecular formula is C21H16F3N7O2S. The summed E-state index contributed by atoms with van der Waals surface area (Å²) in [5.41, 5.74) is 2.59. The molecule has 0 saturated heterocycles. The van der Waals surface area contributed by atoms with Gasteiger partial charge in [0.2, 0.25) is 10.0 Å². The maximum atomic E-state index is 12.8. The zero-order valence-electron chi connectivity index (χ0n) is 17.7. The molecule has 0 aromatic carbocycles. The van der Waals surface area contributed by atoms with Crippen LogP contribution in [0.15, 0.2) is 53.9 Å². The van der Waals surface area contributed by atoms with Crippen molar-refractivity contribution >= 4 is 21.1 Å². The monoisotopic (exact) mass is 487 g/mol. The quantitative estimate of drug-likeness (QED) is 0.458. The average Bonchev–Trinajstić information content (AvgIpc) is 3.12. The van der Waals surface area contributed by atoms with Crippen molar-refractivity contribution in [3.05, 3.63) is 60.2 Å². The van der Waals surface area contributed by atoms with Gasteiger partial charge in [-0.2, -0.15) is 33.4 Å². The van der Waals surface area contributed by atoms with Crippen LogP contribution in [0.4, 0.5) is 13.2 Å². The average molecular weight is 487 g/mol. The van der Waals surface area contributed by atoms with Crippen LogP contribution >= 0.6 is 0 Å². The molecule has 1 atom stereocenters. The second-order valence-corrected chi connectivity index (χ2v) is 9.13. The first-order chi connectivity index (χ1) is 16.0. The highest BCUT2D eigenvalue weighted by Crippen LogP contribution is 2.34. The summed E-state index contributed by atoms with van der Waals surface area (Å²) in [5.74, 6) is 0. The molecule has 0 bridgehead atoms. The molecule has 0 radical (unpaired) electrons. The molecule has 0 spiro atoms. The van der Waals surface area contributed by atoms with Crippen LogP contribution in [0, 0.1) is 18.3 Å². The van der Waals surface area contributed by atoms with Crippen LogP contribution in [0.3, 0.4) is 0 Å². The normalized spacial score (nSPS) is 13.1. The van der Waals surface area contributed by atoms with Gasteiger partial charge in [-0.1, -0.05) is 0 Å². The van der Waals surface area contributed by atoms with Crippen molar-refractivity contribution in [2.75, 3.05) is 0 Å². The van der Waals surface area contributed by atoms with Gasteiger partial charge in [0.05, 0.1) is 35.0 Å². The topological polar surface area (TPSA) is 126 Å². The molecule has 0 aliphatic carbocycles. The van der Waals surface area contributed by atoms with Gasteiger partial charge in [-0.25, -0.2) is 13.4 Å². The fourth-order valence-electron chi connectivity index (χ4n) is 3.34. The molecule has 0 aliphatic heterocycles. The lowest BCUT2D eigenvalue weighted by Crippen LogP contribution is -2.42. The van der Waals surface area contributed by atoms with Gasteiger partial charge in [-0.15, -0.1) is 0 Å². The summed E-state index contributed by atoms with van der Waals surface area (Å²) in [6.07, 6.45) is 0.754. The van der Waals surface area contributed by atoms with Crippen molar-refractivity contribution in [1.82, 2.24) is 29.5 Å². The maximum Gasteiger partial charge on any atom is 0.404 e. The third-order valence-corrected chi connectivity index (χ3v) is 6.52. The van der Waals surface area contributed by atoms with Crippen LogP contribution < -0.4 is 4.72 Å². The summed E-state index contributed by atoms with van der Waals surface area (Å²) < 4.78 is 66.4. The number of rotatable bonds is 5. The summed E-state index contributed by atoms with van der Waals surface area (Å²) in [6, 6.07) is 5.76. The molecule has 0 fully saturated rings. The van der Waals surface area contributed by atoms with Gasteiger partial charge in [-0.05, 0) is 43.7 Å². The zero-order chi connectivity index (χ0) is 24.7. The first kappa shape index (κ1) is 23.3. The largest absolute Gasteiger partial charge is 0.404 e.